The van der Waals surface area contributed by atoms with Crippen molar-refractivity contribution in [1.29, 1.82) is 0 Å². The zero-order chi connectivity index (χ0) is 14.1. The molecule has 1 aliphatic heterocycles. The molecule has 2 heterocycles. The van der Waals surface area contributed by atoms with Crippen LogP contribution in [0.15, 0.2) is 34.5 Å². The fourth-order valence-corrected chi connectivity index (χ4v) is 2.65. The molecule has 3 rings (SSSR count). The van der Waals surface area contributed by atoms with E-state index >= 15 is 0 Å². The highest BCUT2D eigenvalue weighted by Gasteiger charge is 2.26. The predicted octanol–water partition coefficient (Wildman–Crippen LogP) is 3.84. The second kappa shape index (κ2) is 5.29. The number of hydrogen-bond donors (Lipinski definition) is 1. The maximum atomic E-state index is 13.4. The van der Waals surface area contributed by atoms with E-state index in [1.165, 1.54) is 12.1 Å². The zero-order valence-electron chi connectivity index (χ0n) is 11.7. The van der Waals surface area contributed by atoms with Gasteiger partial charge < -0.3 is 14.5 Å². The Hall–Kier alpha value is -1.81. The van der Waals surface area contributed by atoms with Gasteiger partial charge in [0.25, 0.3) is 0 Å². The molecule has 1 aromatic heterocycles. The van der Waals surface area contributed by atoms with E-state index in [1.54, 1.807) is 6.07 Å². The molecule has 106 valence electrons. The van der Waals surface area contributed by atoms with Crippen molar-refractivity contribution in [3.63, 3.8) is 0 Å². The van der Waals surface area contributed by atoms with Crippen LogP contribution in [-0.4, -0.2) is 13.2 Å². The van der Waals surface area contributed by atoms with Crippen LogP contribution in [0.2, 0.25) is 0 Å². The van der Waals surface area contributed by atoms with Gasteiger partial charge in [0.2, 0.25) is 0 Å². The van der Waals surface area contributed by atoms with Crippen molar-refractivity contribution in [3.8, 4) is 0 Å². The van der Waals surface area contributed by atoms with Crippen molar-refractivity contribution in [2.45, 2.75) is 26.3 Å². The molecule has 0 saturated carbocycles. The topological polar surface area (TPSA) is 34.4 Å². The molecule has 0 spiro atoms. The first-order chi connectivity index (χ1) is 9.70. The highest BCUT2D eigenvalue weighted by Crippen LogP contribution is 2.34. The first-order valence-corrected chi connectivity index (χ1v) is 6.95. The van der Waals surface area contributed by atoms with Gasteiger partial charge in [0, 0.05) is 17.4 Å². The standard InChI is InChI=1S/C16H18FNO2/c1-3-18-15(14-5-4-8-19-14)16-10(2)12-9-11(17)6-7-13(12)20-16/h5-7,9,15,18H,3-4,8H2,1-2H3. The fraction of sp³-hybridized carbons (Fsp3) is 0.375. The van der Waals surface area contributed by atoms with Crippen LogP contribution in [0.25, 0.3) is 11.0 Å². The minimum Gasteiger partial charge on any atom is -0.496 e. The Balaban J connectivity index is 2.08. The normalized spacial score (nSPS) is 16.2. The lowest BCUT2D eigenvalue weighted by Gasteiger charge is -2.17. The molecule has 2 aromatic rings. The van der Waals surface area contributed by atoms with Crippen LogP contribution in [0.5, 0.6) is 0 Å². The second-order valence-corrected chi connectivity index (χ2v) is 4.97. The molecule has 1 unspecified atom stereocenters. The lowest BCUT2D eigenvalue weighted by Crippen LogP contribution is -2.23. The summed E-state index contributed by atoms with van der Waals surface area (Å²) in [6.07, 6.45) is 3.01. The molecule has 4 heteroatoms. The third-order valence-electron chi connectivity index (χ3n) is 3.62. The van der Waals surface area contributed by atoms with E-state index in [0.717, 1.165) is 35.4 Å². The van der Waals surface area contributed by atoms with Gasteiger partial charge in [-0.05, 0) is 37.7 Å². The maximum absolute atomic E-state index is 13.4. The number of hydrogen-bond acceptors (Lipinski definition) is 3. The van der Waals surface area contributed by atoms with Crippen molar-refractivity contribution in [3.05, 3.63) is 47.2 Å². The maximum Gasteiger partial charge on any atom is 0.134 e. The molecule has 0 bridgehead atoms. The summed E-state index contributed by atoms with van der Waals surface area (Å²) in [5.74, 6) is 1.46. The Kier molecular flexibility index (Phi) is 3.49. The van der Waals surface area contributed by atoms with E-state index in [0.29, 0.717) is 12.2 Å². The monoisotopic (exact) mass is 275 g/mol. The predicted molar refractivity (Wildman–Crippen MR) is 76.0 cm³/mol. The summed E-state index contributed by atoms with van der Waals surface area (Å²) < 4.78 is 25.0. The number of rotatable bonds is 4. The van der Waals surface area contributed by atoms with Crippen LogP contribution >= 0.6 is 0 Å². The quantitative estimate of drug-likeness (QED) is 0.920. The number of furan rings is 1. The molecule has 0 fully saturated rings. The fourth-order valence-electron chi connectivity index (χ4n) is 2.65. The number of likely N-dealkylation sites (N-methyl/N-ethyl adjacent to an activating group) is 1. The Bertz CT molecular complexity index is 660. The Morgan fingerprint density at radius 2 is 2.25 bits per heavy atom. The molecular weight excluding hydrogens is 257 g/mol. The summed E-state index contributed by atoms with van der Waals surface area (Å²) in [5, 5.41) is 4.20. The zero-order valence-corrected chi connectivity index (χ0v) is 11.7. The number of halogens is 1. The number of ether oxygens (including phenoxy) is 1. The van der Waals surface area contributed by atoms with Crippen LogP contribution in [0, 0.1) is 12.7 Å². The number of nitrogens with one attached hydrogen (secondary N) is 1. The summed E-state index contributed by atoms with van der Waals surface area (Å²) in [6, 6.07) is 4.51. The first-order valence-electron chi connectivity index (χ1n) is 6.95. The molecule has 3 nitrogen and oxygen atoms in total. The van der Waals surface area contributed by atoms with Crippen molar-refractivity contribution in [2.24, 2.45) is 0 Å². The molecule has 0 radical (unpaired) electrons. The lowest BCUT2D eigenvalue weighted by molar-refractivity contribution is 0.208. The number of benzene rings is 1. The summed E-state index contributed by atoms with van der Waals surface area (Å²) >= 11 is 0. The third-order valence-corrected chi connectivity index (χ3v) is 3.62. The molecule has 20 heavy (non-hydrogen) atoms. The third kappa shape index (κ3) is 2.20. The minimum atomic E-state index is -0.246. The average Bonchev–Trinajstić information content (AvgIpc) is 3.06. The largest absolute Gasteiger partial charge is 0.496 e. The molecule has 0 saturated heterocycles. The van der Waals surface area contributed by atoms with E-state index in [-0.39, 0.29) is 11.9 Å². The van der Waals surface area contributed by atoms with E-state index < -0.39 is 0 Å². The van der Waals surface area contributed by atoms with Gasteiger partial charge in [-0.2, -0.15) is 0 Å². The van der Waals surface area contributed by atoms with Gasteiger partial charge >= 0.3 is 0 Å². The molecule has 0 amide bonds. The van der Waals surface area contributed by atoms with E-state index in [9.17, 15) is 4.39 Å². The van der Waals surface area contributed by atoms with Crippen LogP contribution in [-0.2, 0) is 4.74 Å². The van der Waals surface area contributed by atoms with Gasteiger partial charge in [0.05, 0.1) is 6.61 Å². The van der Waals surface area contributed by atoms with Crippen LogP contribution in [0.1, 0.15) is 30.7 Å². The van der Waals surface area contributed by atoms with Crippen molar-refractivity contribution in [1.82, 2.24) is 5.32 Å². The molecule has 0 aliphatic carbocycles. The van der Waals surface area contributed by atoms with Crippen molar-refractivity contribution >= 4 is 11.0 Å². The summed E-state index contributed by atoms with van der Waals surface area (Å²) in [5.41, 5.74) is 1.67. The molecule has 1 aliphatic rings. The van der Waals surface area contributed by atoms with Crippen LogP contribution in [0.3, 0.4) is 0 Å². The first kappa shape index (κ1) is 13.2. The molecule has 1 atom stereocenters. The van der Waals surface area contributed by atoms with Crippen LogP contribution < -0.4 is 5.32 Å². The van der Waals surface area contributed by atoms with Gasteiger partial charge in [0.15, 0.2) is 0 Å². The number of aryl methyl sites for hydroxylation is 1. The lowest BCUT2D eigenvalue weighted by atomic mass is 10.1. The summed E-state index contributed by atoms with van der Waals surface area (Å²) in [4.78, 5) is 0. The smallest absolute Gasteiger partial charge is 0.134 e. The van der Waals surface area contributed by atoms with Crippen molar-refractivity contribution in [2.75, 3.05) is 13.2 Å². The Morgan fingerprint density at radius 1 is 1.40 bits per heavy atom. The highest BCUT2D eigenvalue weighted by molar-refractivity contribution is 5.82. The van der Waals surface area contributed by atoms with Crippen molar-refractivity contribution < 1.29 is 13.5 Å². The highest BCUT2D eigenvalue weighted by atomic mass is 19.1. The second-order valence-electron chi connectivity index (χ2n) is 4.97. The van der Waals surface area contributed by atoms with E-state index in [4.69, 9.17) is 9.15 Å². The average molecular weight is 275 g/mol. The SMILES string of the molecule is CCNC(C1=CCCO1)c1oc2ccc(F)cc2c1C. The van der Waals surface area contributed by atoms with E-state index in [1.807, 2.05) is 13.8 Å². The van der Waals surface area contributed by atoms with Gasteiger partial charge in [-0.3, -0.25) is 0 Å². The Morgan fingerprint density at radius 3 is 2.95 bits per heavy atom. The Labute approximate surface area is 117 Å². The summed E-state index contributed by atoms with van der Waals surface area (Å²) in [6.45, 7) is 5.52. The van der Waals surface area contributed by atoms with Crippen LogP contribution in [0.4, 0.5) is 4.39 Å². The molecular formula is C16H18FNO2. The van der Waals surface area contributed by atoms with Gasteiger partial charge in [-0.1, -0.05) is 6.92 Å². The van der Waals surface area contributed by atoms with Gasteiger partial charge in [-0.25, -0.2) is 4.39 Å². The van der Waals surface area contributed by atoms with E-state index in [2.05, 4.69) is 11.4 Å². The molecule has 1 aromatic carbocycles. The molecule has 1 N–H and O–H groups in total. The van der Waals surface area contributed by atoms with Gasteiger partial charge in [-0.15, -0.1) is 0 Å². The number of fused-ring (bicyclic) bond motifs is 1. The summed E-state index contributed by atoms with van der Waals surface area (Å²) in [7, 11) is 0. The van der Waals surface area contributed by atoms with Gasteiger partial charge in [0.1, 0.15) is 29.0 Å². The minimum absolute atomic E-state index is 0.0991.